The van der Waals surface area contributed by atoms with Gasteiger partial charge in [-0.15, -0.1) is 0 Å². The molecule has 2 heteroatoms. The topological polar surface area (TPSA) is 0 Å². The van der Waals surface area contributed by atoms with Crippen molar-refractivity contribution >= 4 is 17.4 Å². The number of rotatable bonds is 2. The summed E-state index contributed by atoms with van der Waals surface area (Å²) in [6.45, 7) is 10.5. The Kier molecular flexibility index (Phi) is 3.33. The third-order valence-electron chi connectivity index (χ3n) is 3.11. The van der Waals surface area contributed by atoms with Gasteiger partial charge in [-0.25, -0.2) is 0 Å². The number of hydrogen-bond donors (Lipinski definition) is 0. The van der Waals surface area contributed by atoms with Gasteiger partial charge in [0, 0.05) is 0 Å². The van der Waals surface area contributed by atoms with Gasteiger partial charge in [0.05, 0.1) is 0 Å². The standard InChI is InChI=1S/C8H18N.Ga.H/c1-5-9(6-2,7-3)8-4;;/h1-2,5-8H2,3-4H3;;/q+1;;. The zero-order valence-corrected chi connectivity index (χ0v) is 10.4. The van der Waals surface area contributed by atoms with Crippen molar-refractivity contribution in [2.45, 2.75) is 23.8 Å². The fourth-order valence-corrected chi connectivity index (χ4v) is 6.53. The Morgan fingerprint density at radius 2 is 1.60 bits per heavy atom. The van der Waals surface area contributed by atoms with E-state index >= 15 is 0 Å². The van der Waals surface area contributed by atoms with E-state index in [1.807, 2.05) is 0 Å². The average Bonchev–Trinajstić information content (AvgIpc) is 2.06. The Morgan fingerprint density at radius 1 is 1.10 bits per heavy atom. The van der Waals surface area contributed by atoms with Crippen LogP contribution in [-0.4, -0.2) is 48.1 Å². The molecule has 0 N–H and O–H groups in total. The van der Waals surface area contributed by atoms with Gasteiger partial charge in [-0.3, -0.25) is 0 Å². The van der Waals surface area contributed by atoms with Crippen molar-refractivity contribution in [3.63, 3.8) is 0 Å². The first-order valence-corrected chi connectivity index (χ1v) is 8.88. The summed E-state index contributed by atoms with van der Waals surface area (Å²) >= 11 is 0.0320. The van der Waals surface area contributed by atoms with Gasteiger partial charge in [0.25, 0.3) is 0 Å². The molecule has 0 spiro atoms. The molecule has 0 radical (unpaired) electrons. The minimum atomic E-state index is 0.0320. The summed E-state index contributed by atoms with van der Waals surface area (Å²) < 4.78 is 1.44. The molecule has 10 heavy (non-hydrogen) atoms. The molecule has 1 aliphatic rings. The fraction of sp³-hybridized carbons (Fsp3) is 1.00. The van der Waals surface area contributed by atoms with Gasteiger partial charge in [-0.1, -0.05) is 0 Å². The molecule has 0 bridgehead atoms. The SMILES string of the molecule is CC[N+]1(CC)C[CH2][GaH][CH2]C1. The van der Waals surface area contributed by atoms with Crippen molar-refractivity contribution in [1.29, 1.82) is 0 Å². The molecule has 0 saturated carbocycles. The Balaban J connectivity index is 2.44. The quantitative estimate of drug-likeness (QED) is 0.461. The molecule has 58 valence electrons. The molecule has 1 aliphatic heterocycles. The zero-order chi connectivity index (χ0) is 7.45. The summed E-state index contributed by atoms with van der Waals surface area (Å²) in [5, 5.41) is 0. The monoisotopic (exact) mass is 198 g/mol. The van der Waals surface area contributed by atoms with Crippen LogP contribution in [-0.2, 0) is 0 Å². The fourth-order valence-electron chi connectivity index (χ4n) is 2.04. The van der Waals surface area contributed by atoms with Crippen LogP contribution >= 0.6 is 0 Å². The Labute approximate surface area is 72.2 Å². The van der Waals surface area contributed by atoms with Crippen LogP contribution in [0.2, 0.25) is 9.95 Å². The molecular formula is C8H19GaN+. The summed E-state index contributed by atoms with van der Waals surface area (Å²) in [4.78, 5) is 3.30. The van der Waals surface area contributed by atoms with Crippen LogP contribution in [0.4, 0.5) is 0 Å². The molecule has 1 saturated heterocycles. The third kappa shape index (κ3) is 1.80. The Bertz CT molecular complexity index is 91.4. The van der Waals surface area contributed by atoms with E-state index in [1.165, 1.54) is 30.7 Å². The predicted molar refractivity (Wildman–Crippen MR) is 47.8 cm³/mol. The first kappa shape index (κ1) is 8.69. The Hall–Kier alpha value is 0.596. The second-order valence-corrected chi connectivity index (χ2v) is 7.93. The zero-order valence-electron chi connectivity index (χ0n) is 7.40. The molecule has 0 unspecified atom stereocenters. The third-order valence-corrected chi connectivity index (χ3v) is 6.53. The van der Waals surface area contributed by atoms with Gasteiger partial charge < -0.3 is 0 Å². The molecule has 0 aliphatic carbocycles. The maximum atomic E-state index is 2.35. The van der Waals surface area contributed by atoms with Gasteiger partial charge in [0.1, 0.15) is 0 Å². The summed E-state index contributed by atoms with van der Waals surface area (Å²) in [6.07, 6.45) is 0. The van der Waals surface area contributed by atoms with Crippen LogP contribution in [0.5, 0.6) is 0 Å². The van der Waals surface area contributed by atoms with Crippen molar-refractivity contribution in [1.82, 2.24) is 0 Å². The second kappa shape index (κ2) is 3.84. The van der Waals surface area contributed by atoms with Crippen molar-refractivity contribution < 1.29 is 4.48 Å². The van der Waals surface area contributed by atoms with E-state index in [9.17, 15) is 0 Å². The van der Waals surface area contributed by atoms with E-state index in [4.69, 9.17) is 0 Å². The molecular weight excluding hydrogens is 180 g/mol. The van der Waals surface area contributed by atoms with Crippen molar-refractivity contribution in [3.05, 3.63) is 0 Å². The van der Waals surface area contributed by atoms with E-state index in [-0.39, 0.29) is 17.4 Å². The van der Waals surface area contributed by atoms with Gasteiger partial charge in [-0.2, -0.15) is 0 Å². The Morgan fingerprint density at radius 3 is 1.90 bits per heavy atom. The summed E-state index contributed by atoms with van der Waals surface area (Å²) in [5.74, 6) is 0. The van der Waals surface area contributed by atoms with Crippen LogP contribution in [0.15, 0.2) is 0 Å². The van der Waals surface area contributed by atoms with Gasteiger partial charge in [0.2, 0.25) is 0 Å². The van der Waals surface area contributed by atoms with Crippen molar-refractivity contribution in [3.8, 4) is 0 Å². The molecule has 1 nitrogen and oxygen atoms in total. The molecule has 0 amide bonds. The molecule has 0 aromatic rings. The number of quaternary nitrogens is 1. The van der Waals surface area contributed by atoms with Gasteiger partial charge >= 0.3 is 71.9 Å². The van der Waals surface area contributed by atoms with Gasteiger partial charge in [0.15, 0.2) is 0 Å². The van der Waals surface area contributed by atoms with Crippen molar-refractivity contribution in [2.24, 2.45) is 0 Å². The van der Waals surface area contributed by atoms with E-state index in [0.29, 0.717) is 0 Å². The summed E-state index contributed by atoms with van der Waals surface area (Å²) in [7, 11) is 0. The van der Waals surface area contributed by atoms with Crippen LogP contribution in [0, 0.1) is 0 Å². The summed E-state index contributed by atoms with van der Waals surface area (Å²) in [5.41, 5.74) is 0. The minimum absolute atomic E-state index is 0.0320. The van der Waals surface area contributed by atoms with E-state index in [1.54, 1.807) is 9.95 Å². The normalized spacial score (nSPS) is 23.8. The van der Waals surface area contributed by atoms with Gasteiger partial charge in [-0.05, 0) is 0 Å². The molecule has 0 aromatic carbocycles. The predicted octanol–water partition coefficient (Wildman–Crippen LogP) is 1.13. The van der Waals surface area contributed by atoms with Crippen LogP contribution in [0.1, 0.15) is 13.8 Å². The van der Waals surface area contributed by atoms with Crippen LogP contribution in [0.25, 0.3) is 0 Å². The summed E-state index contributed by atoms with van der Waals surface area (Å²) in [6, 6.07) is 0. The molecule has 0 aromatic heterocycles. The van der Waals surface area contributed by atoms with E-state index in [0.717, 1.165) is 0 Å². The first-order chi connectivity index (χ1) is 4.83. The number of nitrogens with zero attached hydrogens (tertiary/aromatic N) is 1. The molecule has 1 fully saturated rings. The molecule has 0 atom stereocenters. The first-order valence-electron chi connectivity index (χ1n) is 4.68. The maximum absolute atomic E-state index is 2.35. The van der Waals surface area contributed by atoms with E-state index < -0.39 is 0 Å². The molecule has 1 heterocycles. The second-order valence-electron chi connectivity index (χ2n) is 3.48. The number of hydrogen-bond acceptors (Lipinski definition) is 0. The van der Waals surface area contributed by atoms with Crippen LogP contribution < -0.4 is 0 Å². The van der Waals surface area contributed by atoms with E-state index in [2.05, 4.69) is 13.8 Å². The van der Waals surface area contributed by atoms with Crippen molar-refractivity contribution in [2.75, 3.05) is 26.2 Å². The average molecular weight is 199 g/mol. The van der Waals surface area contributed by atoms with Crippen LogP contribution in [0.3, 0.4) is 0 Å². The molecule has 1 rings (SSSR count).